The average Bonchev–Trinajstić information content (AvgIpc) is 2.77. The first-order valence-electron chi connectivity index (χ1n) is 9.70. The quantitative estimate of drug-likeness (QED) is 0.674. The number of carbonyl (C=O) groups is 1. The van der Waals surface area contributed by atoms with Crippen LogP contribution in [0.5, 0.6) is 0 Å². The molecule has 31 heavy (non-hydrogen) atoms. The summed E-state index contributed by atoms with van der Waals surface area (Å²) in [6, 6.07) is 16.5. The minimum Gasteiger partial charge on any atom is -0.379 e. The number of hydrogen-bond donors (Lipinski definition) is 1. The van der Waals surface area contributed by atoms with Crippen molar-refractivity contribution < 1.29 is 17.9 Å². The Labute approximate surface area is 189 Å². The van der Waals surface area contributed by atoms with Gasteiger partial charge >= 0.3 is 10.2 Å². The highest BCUT2D eigenvalue weighted by molar-refractivity contribution is 9.10. The Kier molecular flexibility index (Phi) is 6.51. The maximum Gasteiger partial charge on any atom is 0.345 e. The molecule has 4 rings (SSSR count). The molecule has 0 atom stereocenters. The number of rotatable bonds is 5. The third kappa shape index (κ3) is 5.21. The van der Waals surface area contributed by atoms with Gasteiger partial charge in [0.25, 0.3) is 5.91 Å². The first-order valence-corrected chi connectivity index (χ1v) is 11.9. The van der Waals surface area contributed by atoms with Gasteiger partial charge in [-0.25, -0.2) is 9.31 Å². The molecule has 2 aliphatic rings. The first kappa shape index (κ1) is 21.7. The van der Waals surface area contributed by atoms with E-state index >= 15 is 0 Å². The fraction of sp³-hybridized carbons (Fsp3) is 0.238. The Bertz CT molecular complexity index is 1110. The molecule has 0 bridgehead atoms. The van der Waals surface area contributed by atoms with E-state index < -0.39 is 16.1 Å². The van der Waals surface area contributed by atoms with Crippen molar-refractivity contribution in [1.82, 2.24) is 14.7 Å². The van der Waals surface area contributed by atoms with Crippen LogP contribution in [0.1, 0.15) is 11.1 Å². The van der Waals surface area contributed by atoms with Crippen molar-refractivity contribution in [2.75, 3.05) is 26.3 Å². The zero-order valence-electron chi connectivity index (χ0n) is 16.6. The molecule has 162 valence electrons. The minimum atomic E-state index is -4.13. The van der Waals surface area contributed by atoms with Gasteiger partial charge in [-0.15, -0.1) is 4.40 Å². The van der Waals surface area contributed by atoms with Crippen LogP contribution in [-0.4, -0.2) is 55.7 Å². The van der Waals surface area contributed by atoms with Crippen LogP contribution in [0.4, 0.5) is 0 Å². The molecule has 0 spiro atoms. The number of hydrazine groups is 1. The largest absolute Gasteiger partial charge is 0.379 e. The summed E-state index contributed by atoms with van der Waals surface area (Å²) in [7, 11) is -4.13. The predicted molar refractivity (Wildman–Crippen MR) is 121 cm³/mol. The van der Waals surface area contributed by atoms with Crippen molar-refractivity contribution in [1.29, 1.82) is 0 Å². The van der Waals surface area contributed by atoms with E-state index in [4.69, 9.17) is 4.74 Å². The number of benzene rings is 2. The van der Waals surface area contributed by atoms with E-state index in [0.717, 1.165) is 10.0 Å². The lowest BCUT2D eigenvalue weighted by atomic mass is 10.1. The summed E-state index contributed by atoms with van der Waals surface area (Å²) in [6.07, 6.45) is 1.52. The molecule has 10 heteroatoms. The third-order valence-corrected chi connectivity index (χ3v) is 6.69. The van der Waals surface area contributed by atoms with E-state index in [1.165, 1.54) is 10.4 Å². The molecular weight excluding hydrogens is 484 g/mol. The van der Waals surface area contributed by atoms with Crippen molar-refractivity contribution in [3.63, 3.8) is 0 Å². The van der Waals surface area contributed by atoms with Gasteiger partial charge < -0.3 is 4.74 Å². The first-order chi connectivity index (χ1) is 14.9. The second-order valence-corrected chi connectivity index (χ2v) is 9.46. The molecule has 0 aliphatic carbocycles. The van der Waals surface area contributed by atoms with E-state index in [1.54, 1.807) is 17.1 Å². The van der Waals surface area contributed by atoms with Crippen molar-refractivity contribution in [2.45, 2.75) is 6.54 Å². The monoisotopic (exact) mass is 504 g/mol. The van der Waals surface area contributed by atoms with Gasteiger partial charge in [0.2, 0.25) is 0 Å². The van der Waals surface area contributed by atoms with Crippen LogP contribution >= 0.6 is 15.9 Å². The summed E-state index contributed by atoms with van der Waals surface area (Å²) in [6.45, 7) is 2.14. The summed E-state index contributed by atoms with van der Waals surface area (Å²) < 4.78 is 37.4. The van der Waals surface area contributed by atoms with Crippen LogP contribution < -0.4 is 5.43 Å². The number of ether oxygens (including phenoxy) is 1. The predicted octanol–water partition coefficient (Wildman–Crippen LogP) is 2.36. The molecule has 1 saturated heterocycles. The highest BCUT2D eigenvalue weighted by Crippen LogP contribution is 2.30. The van der Waals surface area contributed by atoms with Gasteiger partial charge in [-0.1, -0.05) is 58.4 Å². The standard InChI is InChI=1S/C21H21BrN4O4S/c22-18-8-6-17(7-9-18)20-14-19(21(27)23-25-10-12-30-13-11-25)24-31(28,29)26(20)15-16-4-2-1-3-5-16/h1-9,14H,10-13,15H2,(H,23,27). The molecule has 8 nitrogen and oxygen atoms in total. The number of carbonyl (C=O) groups excluding carboxylic acids is 1. The van der Waals surface area contributed by atoms with Crippen molar-refractivity contribution in [3.8, 4) is 0 Å². The molecule has 0 radical (unpaired) electrons. The van der Waals surface area contributed by atoms with Crippen molar-refractivity contribution in [2.24, 2.45) is 4.40 Å². The van der Waals surface area contributed by atoms with Crippen LogP contribution in [-0.2, 0) is 26.3 Å². The lowest BCUT2D eigenvalue weighted by Crippen LogP contribution is -2.50. The zero-order chi connectivity index (χ0) is 21.8. The molecule has 2 heterocycles. The number of hydrogen-bond acceptors (Lipinski definition) is 5. The van der Waals surface area contributed by atoms with Gasteiger partial charge in [0, 0.05) is 17.6 Å². The fourth-order valence-corrected chi connectivity index (χ4v) is 4.74. The number of morpholine rings is 1. The van der Waals surface area contributed by atoms with E-state index in [9.17, 15) is 13.2 Å². The highest BCUT2D eigenvalue weighted by Gasteiger charge is 2.32. The van der Waals surface area contributed by atoms with E-state index in [-0.39, 0.29) is 12.3 Å². The van der Waals surface area contributed by atoms with Crippen LogP contribution in [0, 0.1) is 0 Å². The molecule has 0 aromatic heterocycles. The van der Waals surface area contributed by atoms with Crippen molar-refractivity contribution in [3.05, 3.63) is 76.3 Å². The molecule has 1 N–H and O–H groups in total. The average molecular weight is 505 g/mol. The van der Waals surface area contributed by atoms with Gasteiger partial charge in [-0.3, -0.25) is 10.2 Å². The van der Waals surface area contributed by atoms with Crippen molar-refractivity contribution >= 4 is 43.5 Å². The number of amides is 1. The summed E-state index contributed by atoms with van der Waals surface area (Å²) in [4.78, 5) is 12.8. The summed E-state index contributed by atoms with van der Waals surface area (Å²) >= 11 is 3.40. The molecule has 1 amide bonds. The number of halogens is 1. The second-order valence-electron chi connectivity index (χ2n) is 7.02. The SMILES string of the molecule is O=C(NN1CCOCC1)C1=NS(=O)(=O)N(Cc2ccccc2)C(c2ccc(Br)cc2)=C1. The Balaban J connectivity index is 1.69. The summed E-state index contributed by atoms with van der Waals surface area (Å²) in [5.74, 6) is -0.570. The van der Waals surface area contributed by atoms with E-state index in [1.807, 2.05) is 42.5 Å². The van der Waals surface area contributed by atoms with E-state index in [0.29, 0.717) is 37.6 Å². The van der Waals surface area contributed by atoms with Gasteiger partial charge in [0.15, 0.2) is 0 Å². The molecule has 1 fully saturated rings. The molecule has 2 aromatic rings. The fourth-order valence-electron chi connectivity index (χ4n) is 3.27. The Morgan fingerprint density at radius 2 is 1.74 bits per heavy atom. The van der Waals surface area contributed by atoms with Gasteiger partial charge in [0.1, 0.15) is 5.71 Å². The third-order valence-electron chi connectivity index (χ3n) is 4.85. The Morgan fingerprint density at radius 1 is 1.06 bits per heavy atom. The van der Waals surface area contributed by atoms with Gasteiger partial charge in [0.05, 0.1) is 25.5 Å². The van der Waals surface area contributed by atoms with Gasteiger partial charge in [-0.05, 0) is 29.3 Å². The zero-order valence-corrected chi connectivity index (χ0v) is 19.0. The van der Waals surface area contributed by atoms with Crippen LogP contribution in [0.2, 0.25) is 0 Å². The Morgan fingerprint density at radius 3 is 2.42 bits per heavy atom. The summed E-state index contributed by atoms with van der Waals surface area (Å²) in [5, 5.41) is 1.70. The smallest absolute Gasteiger partial charge is 0.345 e. The maximum absolute atomic E-state index is 13.1. The van der Waals surface area contributed by atoms with Crippen LogP contribution in [0.3, 0.4) is 0 Å². The normalized spacial score (nSPS) is 18.8. The van der Waals surface area contributed by atoms with E-state index in [2.05, 4.69) is 25.8 Å². The molecule has 2 aromatic carbocycles. The maximum atomic E-state index is 13.1. The summed E-state index contributed by atoms with van der Waals surface area (Å²) in [5.41, 5.74) is 4.42. The van der Waals surface area contributed by atoms with Crippen LogP contribution in [0.25, 0.3) is 5.70 Å². The molecular formula is C21H21BrN4O4S. The number of nitrogens with one attached hydrogen (secondary N) is 1. The highest BCUT2D eigenvalue weighted by atomic mass is 79.9. The topological polar surface area (TPSA) is 91.3 Å². The van der Waals surface area contributed by atoms with Gasteiger partial charge in [-0.2, -0.15) is 8.42 Å². The lowest BCUT2D eigenvalue weighted by molar-refractivity contribution is -0.121. The molecule has 2 aliphatic heterocycles. The molecule has 0 unspecified atom stereocenters. The molecule has 0 saturated carbocycles. The second kappa shape index (κ2) is 9.31. The lowest BCUT2D eigenvalue weighted by Gasteiger charge is -2.30. The van der Waals surface area contributed by atoms with Crippen LogP contribution in [0.15, 0.2) is 69.5 Å². The minimum absolute atomic E-state index is 0.104. The Hall–Kier alpha value is -2.53. The number of nitrogens with zero attached hydrogens (tertiary/aromatic N) is 3.